The van der Waals surface area contributed by atoms with Crippen LogP contribution in [0.25, 0.3) is 0 Å². The molecule has 1 aromatic rings. The fourth-order valence-electron chi connectivity index (χ4n) is 1.40. The molecule has 1 aromatic carbocycles. The predicted octanol–water partition coefficient (Wildman–Crippen LogP) is 3.26. The second-order valence-electron chi connectivity index (χ2n) is 3.11. The van der Waals surface area contributed by atoms with Gasteiger partial charge in [-0.3, -0.25) is 0 Å². The number of rotatable bonds is 3. The molecule has 0 saturated carbocycles. The lowest BCUT2D eigenvalue weighted by Gasteiger charge is -2.16. The van der Waals surface area contributed by atoms with E-state index in [9.17, 15) is 4.39 Å². The van der Waals surface area contributed by atoms with E-state index in [0.717, 1.165) is 4.47 Å². The number of nitrogens with one attached hydrogen (secondary N) is 1. The molecule has 1 rings (SSSR count). The SMILES string of the molecule is CC#CCC(NC)c1c(F)cccc1Br. The van der Waals surface area contributed by atoms with Gasteiger partial charge in [-0.25, -0.2) is 4.39 Å². The van der Waals surface area contributed by atoms with Crippen LogP contribution in [0.3, 0.4) is 0 Å². The summed E-state index contributed by atoms with van der Waals surface area (Å²) in [7, 11) is 1.81. The van der Waals surface area contributed by atoms with Crippen LogP contribution in [-0.4, -0.2) is 7.05 Å². The number of hydrogen-bond donors (Lipinski definition) is 1. The Kier molecular flexibility index (Phi) is 4.80. The van der Waals surface area contributed by atoms with Gasteiger partial charge in [0.1, 0.15) is 5.82 Å². The van der Waals surface area contributed by atoms with Gasteiger partial charge in [0.25, 0.3) is 0 Å². The molecular formula is C12H13BrFN. The van der Waals surface area contributed by atoms with Gasteiger partial charge in [0.2, 0.25) is 0 Å². The highest BCUT2D eigenvalue weighted by atomic mass is 79.9. The number of hydrogen-bond acceptors (Lipinski definition) is 1. The predicted molar refractivity (Wildman–Crippen MR) is 64.0 cm³/mol. The Morgan fingerprint density at radius 1 is 1.53 bits per heavy atom. The molecule has 80 valence electrons. The van der Waals surface area contributed by atoms with Crippen molar-refractivity contribution in [2.45, 2.75) is 19.4 Å². The Labute approximate surface area is 98.2 Å². The Hall–Kier alpha value is -0.850. The van der Waals surface area contributed by atoms with Gasteiger partial charge in [-0.15, -0.1) is 11.8 Å². The van der Waals surface area contributed by atoms with Crippen LogP contribution < -0.4 is 5.32 Å². The fourth-order valence-corrected chi connectivity index (χ4v) is 2.01. The minimum Gasteiger partial charge on any atom is -0.312 e. The normalized spacial score (nSPS) is 11.7. The maximum Gasteiger partial charge on any atom is 0.129 e. The molecule has 0 aliphatic heterocycles. The second kappa shape index (κ2) is 5.89. The largest absolute Gasteiger partial charge is 0.312 e. The zero-order valence-corrected chi connectivity index (χ0v) is 10.4. The fraction of sp³-hybridized carbons (Fsp3) is 0.333. The van der Waals surface area contributed by atoms with Gasteiger partial charge in [0, 0.05) is 22.5 Å². The van der Waals surface area contributed by atoms with Crippen molar-refractivity contribution in [3.8, 4) is 11.8 Å². The molecule has 3 heteroatoms. The Morgan fingerprint density at radius 2 is 2.27 bits per heavy atom. The highest BCUT2D eigenvalue weighted by Crippen LogP contribution is 2.27. The minimum atomic E-state index is -0.207. The molecule has 1 N–H and O–H groups in total. The third kappa shape index (κ3) is 3.05. The Morgan fingerprint density at radius 3 is 2.80 bits per heavy atom. The molecule has 0 radical (unpaired) electrons. The lowest BCUT2D eigenvalue weighted by Crippen LogP contribution is -2.17. The summed E-state index contributed by atoms with van der Waals surface area (Å²) >= 11 is 3.35. The average Bonchev–Trinajstić information content (AvgIpc) is 2.22. The van der Waals surface area contributed by atoms with E-state index in [1.165, 1.54) is 6.07 Å². The topological polar surface area (TPSA) is 12.0 Å². The molecule has 0 saturated heterocycles. The van der Waals surface area contributed by atoms with Crippen molar-refractivity contribution in [1.29, 1.82) is 0 Å². The average molecular weight is 270 g/mol. The molecule has 1 unspecified atom stereocenters. The van der Waals surface area contributed by atoms with Crippen LogP contribution in [-0.2, 0) is 0 Å². The van der Waals surface area contributed by atoms with E-state index in [0.29, 0.717) is 12.0 Å². The molecule has 0 aromatic heterocycles. The summed E-state index contributed by atoms with van der Waals surface area (Å²) in [5, 5.41) is 3.06. The van der Waals surface area contributed by atoms with Crippen LogP contribution in [0.15, 0.2) is 22.7 Å². The smallest absolute Gasteiger partial charge is 0.129 e. The van der Waals surface area contributed by atoms with Crippen LogP contribution in [0.1, 0.15) is 24.9 Å². The van der Waals surface area contributed by atoms with Crippen molar-refractivity contribution in [1.82, 2.24) is 5.32 Å². The zero-order chi connectivity index (χ0) is 11.3. The first-order chi connectivity index (χ1) is 7.20. The van der Waals surface area contributed by atoms with E-state index in [1.54, 1.807) is 20.0 Å². The lowest BCUT2D eigenvalue weighted by molar-refractivity contribution is 0.541. The Balaban J connectivity index is 3.03. The summed E-state index contributed by atoms with van der Waals surface area (Å²) in [6.07, 6.45) is 0.604. The van der Waals surface area contributed by atoms with Crippen molar-refractivity contribution in [2.75, 3.05) is 7.05 Å². The molecule has 0 spiro atoms. The van der Waals surface area contributed by atoms with E-state index in [-0.39, 0.29) is 11.9 Å². The van der Waals surface area contributed by atoms with Gasteiger partial charge in [0.05, 0.1) is 0 Å². The third-order valence-electron chi connectivity index (χ3n) is 2.18. The van der Waals surface area contributed by atoms with E-state index in [2.05, 4.69) is 33.1 Å². The van der Waals surface area contributed by atoms with Gasteiger partial charge in [-0.05, 0) is 26.1 Å². The monoisotopic (exact) mass is 269 g/mol. The summed E-state index contributed by atoms with van der Waals surface area (Å²) in [5.74, 6) is 5.56. The van der Waals surface area contributed by atoms with Gasteiger partial charge < -0.3 is 5.32 Å². The summed E-state index contributed by atoms with van der Waals surface area (Å²) in [4.78, 5) is 0. The first-order valence-electron chi connectivity index (χ1n) is 4.71. The first kappa shape index (κ1) is 12.2. The molecule has 0 bridgehead atoms. The van der Waals surface area contributed by atoms with Crippen LogP contribution in [0.5, 0.6) is 0 Å². The standard InChI is InChI=1S/C12H13BrFN/c1-3-4-8-11(15-2)12-9(13)6-5-7-10(12)14/h5-7,11,15H,8H2,1-2H3. The summed E-state index contributed by atoms with van der Waals surface area (Å²) < 4.78 is 14.4. The molecular weight excluding hydrogens is 257 g/mol. The van der Waals surface area contributed by atoms with Crippen LogP contribution in [0, 0.1) is 17.7 Å². The van der Waals surface area contributed by atoms with Crippen LogP contribution in [0.2, 0.25) is 0 Å². The second-order valence-corrected chi connectivity index (χ2v) is 3.96. The van der Waals surface area contributed by atoms with Gasteiger partial charge in [0.15, 0.2) is 0 Å². The van der Waals surface area contributed by atoms with E-state index < -0.39 is 0 Å². The molecule has 0 fully saturated rings. The summed E-state index contributed by atoms with van der Waals surface area (Å²) in [6.45, 7) is 1.78. The maximum atomic E-state index is 13.6. The molecule has 15 heavy (non-hydrogen) atoms. The van der Waals surface area contributed by atoms with Crippen LogP contribution >= 0.6 is 15.9 Å². The third-order valence-corrected chi connectivity index (χ3v) is 2.87. The van der Waals surface area contributed by atoms with Crippen molar-refractivity contribution >= 4 is 15.9 Å². The first-order valence-corrected chi connectivity index (χ1v) is 5.50. The maximum absolute atomic E-state index is 13.6. The van der Waals surface area contributed by atoms with Crippen molar-refractivity contribution < 1.29 is 4.39 Å². The molecule has 0 aliphatic rings. The zero-order valence-electron chi connectivity index (χ0n) is 8.77. The molecule has 1 nitrogen and oxygen atoms in total. The summed E-state index contributed by atoms with van der Waals surface area (Å²) in [6, 6.07) is 4.90. The Bertz CT molecular complexity index is 372. The minimum absolute atomic E-state index is 0.0759. The van der Waals surface area contributed by atoms with Crippen molar-refractivity contribution in [3.63, 3.8) is 0 Å². The van der Waals surface area contributed by atoms with Crippen molar-refractivity contribution in [2.24, 2.45) is 0 Å². The lowest BCUT2D eigenvalue weighted by atomic mass is 10.0. The van der Waals surface area contributed by atoms with Gasteiger partial charge in [-0.2, -0.15) is 0 Å². The molecule has 1 atom stereocenters. The van der Waals surface area contributed by atoms with Gasteiger partial charge >= 0.3 is 0 Å². The molecule has 0 heterocycles. The van der Waals surface area contributed by atoms with E-state index in [1.807, 2.05) is 6.07 Å². The highest BCUT2D eigenvalue weighted by molar-refractivity contribution is 9.10. The molecule has 0 aliphatic carbocycles. The quantitative estimate of drug-likeness (QED) is 0.831. The number of benzene rings is 1. The molecule has 0 amide bonds. The summed E-state index contributed by atoms with van der Waals surface area (Å²) in [5.41, 5.74) is 0.641. The number of halogens is 2. The van der Waals surface area contributed by atoms with E-state index >= 15 is 0 Å². The van der Waals surface area contributed by atoms with E-state index in [4.69, 9.17) is 0 Å². The highest BCUT2D eigenvalue weighted by Gasteiger charge is 2.15. The van der Waals surface area contributed by atoms with Crippen molar-refractivity contribution in [3.05, 3.63) is 34.1 Å². The van der Waals surface area contributed by atoms with Gasteiger partial charge in [-0.1, -0.05) is 22.0 Å². The van der Waals surface area contributed by atoms with Crippen LogP contribution in [0.4, 0.5) is 4.39 Å².